The Bertz CT molecular complexity index is 360. The van der Waals surface area contributed by atoms with Gasteiger partial charge >= 0.3 is 11.9 Å². The Hall–Kier alpha value is -1.10. The van der Waals surface area contributed by atoms with Crippen LogP contribution in [0.1, 0.15) is 80.1 Å². The summed E-state index contributed by atoms with van der Waals surface area (Å²) in [4.78, 5) is 23.2. The molecule has 0 fully saturated rings. The molecule has 0 unspecified atom stereocenters. The van der Waals surface area contributed by atoms with E-state index in [1.165, 1.54) is 0 Å². The highest BCUT2D eigenvalue weighted by Gasteiger charge is 2.20. The standard InChI is InChI=1S/C18H34O5/c1-7-17(3,4)22-14-13-21-15(19)11-9-10-12-16(20)23-18(5,6)8-2/h7-14H2,1-6H3. The molecule has 0 saturated heterocycles. The van der Waals surface area contributed by atoms with Crippen molar-refractivity contribution >= 4 is 11.9 Å². The topological polar surface area (TPSA) is 61.8 Å². The number of ether oxygens (including phenoxy) is 3. The molecule has 0 saturated carbocycles. The highest BCUT2D eigenvalue weighted by atomic mass is 16.6. The summed E-state index contributed by atoms with van der Waals surface area (Å²) in [5.41, 5.74) is -0.596. The predicted octanol–water partition coefficient (Wildman–Crippen LogP) is 4.03. The second kappa shape index (κ2) is 10.6. The zero-order valence-electron chi connectivity index (χ0n) is 15.7. The zero-order valence-corrected chi connectivity index (χ0v) is 15.7. The van der Waals surface area contributed by atoms with E-state index in [2.05, 4.69) is 6.92 Å². The van der Waals surface area contributed by atoms with Crippen LogP contribution in [-0.2, 0) is 23.8 Å². The van der Waals surface area contributed by atoms with Gasteiger partial charge in [-0.15, -0.1) is 0 Å². The van der Waals surface area contributed by atoms with Gasteiger partial charge in [-0.1, -0.05) is 13.8 Å². The van der Waals surface area contributed by atoms with E-state index in [0.29, 0.717) is 32.3 Å². The van der Waals surface area contributed by atoms with E-state index in [0.717, 1.165) is 12.8 Å². The molecule has 0 N–H and O–H groups in total. The fourth-order valence-corrected chi connectivity index (χ4v) is 1.62. The van der Waals surface area contributed by atoms with Gasteiger partial charge in [-0.05, 0) is 53.4 Å². The molecule has 0 aliphatic carbocycles. The van der Waals surface area contributed by atoms with Crippen LogP contribution in [0.2, 0.25) is 0 Å². The molecule has 0 aliphatic rings. The first-order chi connectivity index (χ1) is 10.6. The molecule has 0 aromatic heterocycles. The van der Waals surface area contributed by atoms with Gasteiger partial charge in [0.25, 0.3) is 0 Å². The molecule has 0 aliphatic heterocycles. The van der Waals surface area contributed by atoms with E-state index in [-0.39, 0.29) is 24.1 Å². The number of hydrogen-bond donors (Lipinski definition) is 0. The molecule has 136 valence electrons. The van der Waals surface area contributed by atoms with Gasteiger partial charge < -0.3 is 14.2 Å². The van der Waals surface area contributed by atoms with Crippen LogP contribution in [0.4, 0.5) is 0 Å². The molecule has 0 rings (SSSR count). The minimum Gasteiger partial charge on any atom is -0.463 e. The van der Waals surface area contributed by atoms with Crippen molar-refractivity contribution in [3.8, 4) is 0 Å². The van der Waals surface area contributed by atoms with Gasteiger partial charge in [0.15, 0.2) is 0 Å². The molecule has 23 heavy (non-hydrogen) atoms. The van der Waals surface area contributed by atoms with Gasteiger partial charge in [0, 0.05) is 12.8 Å². The Morgan fingerprint density at radius 2 is 1.30 bits per heavy atom. The third kappa shape index (κ3) is 12.0. The number of carbonyl (C=O) groups is 2. The number of hydrogen-bond acceptors (Lipinski definition) is 5. The normalized spacial score (nSPS) is 12.1. The van der Waals surface area contributed by atoms with Crippen LogP contribution in [0.3, 0.4) is 0 Å². The first kappa shape index (κ1) is 21.9. The molecular weight excluding hydrogens is 296 g/mol. The van der Waals surface area contributed by atoms with Crippen LogP contribution in [0, 0.1) is 0 Å². The van der Waals surface area contributed by atoms with Crippen molar-refractivity contribution in [2.45, 2.75) is 91.3 Å². The van der Waals surface area contributed by atoms with E-state index in [1.807, 2.05) is 34.6 Å². The van der Waals surface area contributed by atoms with E-state index >= 15 is 0 Å². The summed E-state index contributed by atoms with van der Waals surface area (Å²) in [6.45, 7) is 12.5. The lowest BCUT2D eigenvalue weighted by Gasteiger charge is -2.23. The van der Waals surface area contributed by atoms with E-state index < -0.39 is 5.60 Å². The Labute approximate surface area is 141 Å². The predicted molar refractivity (Wildman–Crippen MR) is 90.2 cm³/mol. The highest BCUT2D eigenvalue weighted by Crippen LogP contribution is 2.16. The molecule has 0 bridgehead atoms. The van der Waals surface area contributed by atoms with Crippen LogP contribution in [0.5, 0.6) is 0 Å². The van der Waals surface area contributed by atoms with Crippen LogP contribution in [-0.4, -0.2) is 36.4 Å². The number of rotatable bonds is 12. The van der Waals surface area contributed by atoms with Gasteiger partial charge in [-0.25, -0.2) is 0 Å². The molecule has 0 amide bonds. The summed E-state index contributed by atoms with van der Waals surface area (Å²) < 4.78 is 16.1. The second-order valence-electron chi connectivity index (χ2n) is 6.98. The first-order valence-electron chi connectivity index (χ1n) is 8.63. The molecule has 5 nitrogen and oxygen atoms in total. The summed E-state index contributed by atoms with van der Waals surface area (Å²) in [7, 11) is 0. The summed E-state index contributed by atoms with van der Waals surface area (Å²) in [5, 5.41) is 0. The number of esters is 2. The molecule has 0 atom stereocenters. The third-order valence-corrected chi connectivity index (χ3v) is 3.94. The van der Waals surface area contributed by atoms with Crippen molar-refractivity contribution in [3.63, 3.8) is 0 Å². The van der Waals surface area contributed by atoms with E-state index in [9.17, 15) is 9.59 Å². The van der Waals surface area contributed by atoms with Gasteiger partial charge in [0.05, 0.1) is 12.2 Å². The molecule has 0 radical (unpaired) electrons. The molecule has 0 spiro atoms. The molecule has 0 heterocycles. The zero-order chi connectivity index (χ0) is 17.9. The summed E-state index contributed by atoms with van der Waals surface area (Å²) in [6, 6.07) is 0. The maximum absolute atomic E-state index is 11.6. The first-order valence-corrected chi connectivity index (χ1v) is 8.63. The van der Waals surface area contributed by atoms with Crippen LogP contribution in [0.15, 0.2) is 0 Å². The van der Waals surface area contributed by atoms with Crippen molar-refractivity contribution in [2.75, 3.05) is 13.2 Å². The van der Waals surface area contributed by atoms with Crippen molar-refractivity contribution in [1.82, 2.24) is 0 Å². The lowest BCUT2D eigenvalue weighted by atomic mass is 10.1. The van der Waals surface area contributed by atoms with E-state index in [4.69, 9.17) is 14.2 Å². The summed E-state index contributed by atoms with van der Waals surface area (Å²) in [5.74, 6) is -0.453. The molecule has 0 aromatic carbocycles. The Balaban J connectivity index is 3.66. The molecule has 5 heteroatoms. The SMILES string of the molecule is CCC(C)(C)OCCOC(=O)CCCCC(=O)OC(C)(C)CC. The number of unbranched alkanes of at least 4 members (excludes halogenated alkanes) is 1. The lowest BCUT2D eigenvalue weighted by Crippen LogP contribution is -2.26. The fraction of sp³-hybridized carbons (Fsp3) is 0.889. The second-order valence-corrected chi connectivity index (χ2v) is 6.98. The summed E-state index contributed by atoms with van der Waals surface area (Å²) in [6.07, 6.45) is 3.61. The minimum atomic E-state index is -0.414. The average Bonchev–Trinajstić information content (AvgIpc) is 2.48. The largest absolute Gasteiger partial charge is 0.463 e. The monoisotopic (exact) mass is 330 g/mol. The van der Waals surface area contributed by atoms with Gasteiger partial charge in [-0.3, -0.25) is 9.59 Å². The van der Waals surface area contributed by atoms with Gasteiger partial charge in [-0.2, -0.15) is 0 Å². The average molecular weight is 330 g/mol. The minimum absolute atomic E-state index is 0.182. The van der Waals surface area contributed by atoms with Crippen molar-refractivity contribution < 1.29 is 23.8 Å². The quantitative estimate of drug-likeness (QED) is 0.399. The summed E-state index contributed by atoms with van der Waals surface area (Å²) >= 11 is 0. The molecular formula is C18H34O5. The number of carbonyl (C=O) groups excluding carboxylic acids is 2. The van der Waals surface area contributed by atoms with Crippen molar-refractivity contribution in [1.29, 1.82) is 0 Å². The highest BCUT2D eigenvalue weighted by molar-refractivity contribution is 5.70. The van der Waals surface area contributed by atoms with Gasteiger partial charge in [0.1, 0.15) is 12.2 Å². The Morgan fingerprint density at radius 1 is 0.783 bits per heavy atom. The Kier molecular flexibility index (Phi) is 10.1. The maximum Gasteiger partial charge on any atom is 0.306 e. The smallest absolute Gasteiger partial charge is 0.306 e. The van der Waals surface area contributed by atoms with Crippen LogP contribution in [0.25, 0.3) is 0 Å². The fourth-order valence-electron chi connectivity index (χ4n) is 1.62. The van der Waals surface area contributed by atoms with Crippen molar-refractivity contribution in [2.24, 2.45) is 0 Å². The lowest BCUT2D eigenvalue weighted by molar-refractivity contribution is -0.157. The van der Waals surface area contributed by atoms with Crippen LogP contribution >= 0.6 is 0 Å². The third-order valence-electron chi connectivity index (χ3n) is 3.94. The maximum atomic E-state index is 11.6. The van der Waals surface area contributed by atoms with Crippen LogP contribution < -0.4 is 0 Å². The van der Waals surface area contributed by atoms with E-state index in [1.54, 1.807) is 0 Å². The molecule has 0 aromatic rings. The van der Waals surface area contributed by atoms with Crippen molar-refractivity contribution in [3.05, 3.63) is 0 Å². The Morgan fingerprint density at radius 3 is 1.83 bits per heavy atom. The van der Waals surface area contributed by atoms with Gasteiger partial charge in [0.2, 0.25) is 0 Å².